The van der Waals surface area contributed by atoms with Gasteiger partial charge in [0.15, 0.2) is 0 Å². The van der Waals surface area contributed by atoms with E-state index in [1.54, 1.807) is 0 Å². The molecule has 1 aliphatic rings. The number of benzene rings is 1. The summed E-state index contributed by atoms with van der Waals surface area (Å²) in [5.74, 6) is 0.960. The first kappa shape index (κ1) is 11.9. The Morgan fingerprint density at radius 3 is 2.75 bits per heavy atom. The summed E-state index contributed by atoms with van der Waals surface area (Å²) < 4.78 is 6.90. The number of ether oxygens (including phenoxy) is 1. The normalized spacial score (nSPS) is 22.0. The minimum Gasteiger partial charge on any atom is -0.492 e. The van der Waals surface area contributed by atoms with E-state index in [2.05, 4.69) is 27.9 Å². The predicted octanol–water partition coefficient (Wildman–Crippen LogP) is 3.31. The predicted molar refractivity (Wildman–Crippen MR) is 69.9 cm³/mol. The van der Waals surface area contributed by atoms with Gasteiger partial charge in [-0.25, -0.2) is 0 Å². The van der Waals surface area contributed by atoms with Crippen LogP contribution in [0.25, 0.3) is 0 Å². The van der Waals surface area contributed by atoms with E-state index in [1.807, 2.05) is 24.3 Å². The second-order valence-electron chi connectivity index (χ2n) is 4.40. The highest BCUT2D eigenvalue weighted by Crippen LogP contribution is 2.19. The largest absolute Gasteiger partial charge is 0.492 e. The highest BCUT2D eigenvalue weighted by Gasteiger charge is 2.19. The summed E-state index contributed by atoms with van der Waals surface area (Å²) in [4.78, 5) is 2.41. The van der Waals surface area contributed by atoms with Crippen molar-refractivity contribution in [2.45, 2.75) is 25.3 Å². The Morgan fingerprint density at radius 2 is 2.06 bits per heavy atom. The van der Waals surface area contributed by atoms with Crippen LogP contribution in [0.15, 0.2) is 28.7 Å². The average molecular weight is 284 g/mol. The third kappa shape index (κ3) is 3.22. The maximum atomic E-state index is 5.81. The summed E-state index contributed by atoms with van der Waals surface area (Å²) in [5, 5.41) is 0. The van der Waals surface area contributed by atoms with Gasteiger partial charge < -0.3 is 9.64 Å². The maximum absolute atomic E-state index is 5.81. The maximum Gasteiger partial charge on any atom is 0.119 e. The lowest BCUT2D eigenvalue weighted by molar-refractivity contribution is 0.125. The fourth-order valence-electron chi connectivity index (χ4n) is 2.08. The first-order chi connectivity index (χ1) is 7.75. The van der Waals surface area contributed by atoms with Gasteiger partial charge in [0.2, 0.25) is 0 Å². The lowest BCUT2D eigenvalue weighted by Gasteiger charge is -2.32. The van der Waals surface area contributed by atoms with Gasteiger partial charge in [-0.05, 0) is 50.7 Å². The zero-order valence-electron chi connectivity index (χ0n) is 9.66. The van der Waals surface area contributed by atoms with E-state index in [4.69, 9.17) is 4.74 Å². The molecule has 1 atom stereocenters. The van der Waals surface area contributed by atoms with Crippen molar-refractivity contribution in [2.75, 3.05) is 20.2 Å². The average Bonchev–Trinajstić information content (AvgIpc) is 2.30. The molecular weight excluding hydrogens is 266 g/mol. The summed E-state index contributed by atoms with van der Waals surface area (Å²) in [6.45, 7) is 2.01. The fourth-order valence-corrected chi connectivity index (χ4v) is 2.34. The first-order valence-corrected chi connectivity index (χ1v) is 6.63. The molecule has 0 aliphatic carbocycles. The molecule has 1 aromatic rings. The topological polar surface area (TPSA) is 12.5 Å². The Balaban J connectivity index is 1.84. The number of hydrogen-bond acceptors (Lipinski definition) is 2. The second kappa shape index (κ2) is 5.69. The smallest absolute Gasteiger partial charge is 0.119 e. The molecule has 1 aromatic carbocycles. The molecule has 0 N–H and O–H groups in total. The molecule has 0 spiro atoms. The SMILES string of the molecule is CN1CCCCC1COc1ccc(Br)cc1. The van der Waals surface area contributed by atoms with Crippen molar-refractivity contribution in [3.8, 4) is 5.75 Å². The van der Waals surface area contributed by atoms with Gasteiger partial charge in [0.05, 0.1) is 0 Å². The van der Waals surface area contributed by atoms with Crippen molar-refractivity contribution in [1.82, 2.24) is 4.90 Å². The standard InChI is InChI=1S/C13H18BrNO/c1-15-9-3-2-4-12(15)10-16-13-7-5-11(14)6-8-13/h5-8,12H,2-4,9-10H2,1H3. The molecule has 0 radical (unpaired) electrons. The van der Waals surface area contributed by atoms with E-state index in [0.717, 1.165) is 16.8 Å². The van der Waals surface area contributed by atoms with Crippen LogP contribution in [0.1, 0.15) is 19.3 Å². The van der Waals surface area contributed by atoms with E-state index in [1.165, 1.54) is 25.8 Å². The molecule has 1 fully saturated rings. The molecule has 1 aliphatic heterocycles. The molecule has 2 rings (SSSR count). The van der Waals surface area contributed by atoms with Crippen LogP contribution in [-0.4, -0.2) is 31.1 Å². The van der Waals surface area contributed by atoms with Gasteiger partial charge in [-0.15, -0.1) is 0 Å². The number of hydrogen-bond donors (Lipinski definition) is 0. The Bertz CT molecular complexity index is 325. The van der Waals surface area contributed by atoms with Gasteiger partial charge in [0.25, 0.3) is 0 Å². The summed E-state index contributed by atoms with van der Waals surface area (Å²) in [6, 6.07) is 8.62. The van der Waals surface area contributed by atoms with Crippen LogP contribution in [-0.2, 0) is 0 Å². The summed E-state index contributed by atoms with van der Waals surface area (Å²) in [5.41, 5.74) is 0. The van der Waals surface area contributed by atoms with Gasteiger partial charge >= 0.3 is 0 Å². The van der Waals surface area contributed by atoms with Gasteiger partial charge in [-0.3, -0.25) is 0 Å². The quantitative estimate of drug-likeness (QED) is 0.844. The second-order valence-corrected chi connectivity index (χ2v) is 5.31. The highest BCUT2D eigenvalue weighted by molar-refractivity contribution is 9.10. The van der Waals surface area contributed by atoms with Gasteiger partial charge in [-0.2, -0.15) is 0 Å². The lowest BCUT2D eigenvalue weighted by atomic mass is 10.0. The first-order valence-electron chi connectivity index (χ1n) is 5.84. The van der Waals surface area contributed by atoms with Gasteiger partial charge in [0, 0.05) is 10.5 Å². The molecule has 16 heavy (non-hydrogen) atoms. The number of rotatable bonds is 3. The van der Waals surface area contributed by atoms with Crippen molar-refractivity contribution in [2.24, 2.45) is 0 Å². The van der Waals surface area contributed by atoms with Gasteiger partial charge in [0.1, 0.15) is 12.4 Å². The van der Waals surface area contributed by atoms with Crippen molar-refractivity contribution >= 4 is 15.9 Å². The molecule has 0 amide bonds. The van der Waals surface area contributed by atoms with E-state index in [0.29, 0.717) is 6.04 Å². The Kier molecular flexibility index (Phi) is 4.24. The fraction of sp³-hybridized carbons (Fsp3) is 0.538. The zero-order chi connectivity index (χ0) is 11.4. The molecular formula is C13H18BrNO. The number of nitrogens with zero attached hydrogens (tertiary/aromatic N) is 1. The van der Waals surface area contributed by atoms with E-state index >= 15 is 0 Å². The lowest BCUT2D eigenvalue weighted by Crippen LogP contribution is -2.40. The minimum atomic E-state index is 0.581. The molecule has 1 unspecified atom stereocenters. The molecule has 3 heteroatoms. The van der Waals surface area contributed by atoms with Crippen molar-refractivity contribution < 1.29 is 4.74 Å². The number of likely N-dealkylation sites (N-methyl/N-ethyl adjacent to an activating group) is 1. The number of likely N-dealkylation sites (tertiary alicyclic amines) is 1. The molecule has 1 heterocycles. The highest BCUT2D eigenvalue weighted by atomic mass is 79.9. The van der Waals surface area contributed by atoms with Crippen LogP contribution < -0.4 is 4.74 Å². The van der Waals surface area contributed by atoms with E-state index in [9.17, 15) is 0 Å². The molecule has 88 valence electrons. The van der Waals surface area contributed by atoms with Crippen LogP contribution in [0.4, 0.5) is 0 Å². The van der Waals surface area contributed by atoms with Crippen molar-refractivity contribution in [3.63, 3.8) is 0 Å². The summed E-state index contributed by atoms with van der Waals surface area (Å²) in [7, 11) is 2.19. The summed E-state index contributed by atoms with van der Waals surface area (Å²) in [6.07, 6.45) is 3.91. The Hall–Kier alpha value is -0.540. The van der Waals surface area contributed by atoms with Crippen molar-refractivity contribution in [1.29, 1.82) is 0 Å². The third-order valence-corrected chi connectivity index (χ3v) is 3.71. The zero-order valence-corrected chi connectivity index (χ0v) is 11.2. The number of halogens is 1. The molecule has 0 saturated carbocycles. The molecule has 0 aromatic heterocycles. The monoisotopic (exact) mass is 283 g/mol. The molecule has 2 nitrogen and oxygen atoms in total. The van der Waals surface area contributed by atoms with Crippen LogP contribution in [0.3, 0.4) is 0 Å². The van der Waals surface area contributed by atoms with Gasteiger partial charge in [-0.1, -0.05) is 22.4 Å². The van der Waals surface area contributed by atoms with E-state index < -0.39 is 0 Å². The minimum absolute atomic E-state index is 0.581. The van der Waals surface area contributed by atoms with Crippen LogP contribution in [0, 0.1) is 0 Å². The van der Waals surface area contributed by atoms with Crippen LogP contribution in [0.5, 0.6) is 5.75 Å². The summed E-state index contributed by atoms with van der Waals surface area (Å²) >= 11 is 3.42. The van der Waals surface area contributed by atoms with Crippen molar-refractivity contribution in [3.05, 3.63) is 28.7 Å². The Morgan fingerprint density at radius 1 is 1.31 bits per heavy atom. The third-order valence-electron chi connectivity index (χ3n) is 3.18. The number of piperidine rings is 1. The molecule has 0 bridgehead atoms. The van der Waals surface area contributed by atoms with E-state index in [-0.39, 0.29) is 0 Å². The Labute approximate surface area is 106 Å². The van der Waals surface area contributed by atoms with Crippen LogP contribution >= 0.6 is 15.9 Å². The molecule has 1 saturated heterocycles. The van der Waals surface area contributed by atoms with Crippen LogP contribution in [0.2, 0.25) is 0 Å².